The molecule has 0 radical (unpaired) electrons. The van der Waals surface area contributed by atoms with Crippen LogP contribution in [0.4, 0.5) is 0 Å². The molecule has 8 amide bonds. The summed E-state index contributed by atoms with van der Waals surface area (Å²) < 4.78 is 11.4. The van der Waals surface area contributed by atoms with Crippen molar-refractivity contribution in [2.24, 2.45) is 29.4 Å². The lowest BCUT2D eigenvalue weighted by Crippen LogP contribution is -2.68. The molecule has 356 valence electrons. The first-order valence-corrected chi connectivity index (χ1v) is 21.8. The Hall–Kier alpha value is -4.40. The normalized spacial score (nSPS) is 22.8. The van der Waals surface area contributed by atoms with Crippen molar-refractivity contribution < 1.29 is 58.0 Å². The van der Waals surface area contributed by atoms with Gasteiger partial charge in [-0.1, -0.05) is 55.4 Å². The third-order valence-corrected chi connectivity index (χ3v) is 9.97. The predicted molar refractivity (Wildman–Crippen MR) is 229 cm³/mol. The Morgan fingerprint density at radius 1 is 0.677 bits per heavy atom. The number of nitrogens with two attached hydrogens (primary N) is 1. The number of aliphatic hydroxyl groups is 2. The topological polar surface area (TPSA) is 306 Å². The molecule has 0 saturated carbocycles. The van der Waals surface area contributed by atoms with E-state index >= 15 is 0 Å². The lowest BCUT2D eigenvalue weighted by molar-refractivity contribution is -0.141. The molecular formula is C42H76N8O12. The number of ether oxygens (including phenoxy) is 2. The quantitative estimate of drug-likeness (QED) is 0.0896. The Bertz CT molecular complexity index is 1470. The molecule has 1 rings (SSSR count). The van der Waals surface area contributed by atoms with Gasteiger partial charge in [0.2, 0.25) is 41.4 Å². The summed E-state index contributed by atoms with van der Waals surface area (Å²) in [4.78, 5) is 107. The van der Waals surface area contributed by atoms with Crippen LogP contribution in [0.1, 0.15) is 114 Å². The van der Waals surface area contributed by atoms with E-state index in [1.54, 1.807) is 13.8 Å². The number of rotatable bonds is 16. The molecule has 1 aliphatic heterocycles. The zero-order chi connectivity index (χ0) is 47.2. The van der Waals surface area contributed by atoms with Crippen LogP contribution in [0.25, 0.3) is 0 Å². The first kappa shape index (κ1) is 55.6. The molecule has 62 heavy (non-hydrogen) atoms. The van der Waals surface area contributed by atoms with Gasteiger partial charge in [-0.2, -0.15) is 0 Å². The summed E-state index contributed by atoms with van der Waals surface area (Å²) in [6, 6.07) is -7.09. The standard InChI is InChI=1S/C42H76N8O12/c1-24(2)18-31(44-28(9)53)36(55)47-33(20-26(5)6)38(57)46-30-13-17-62-15-11-10-14-61-16-12-29(35(43)54)45-37(56)32(19-25(3)4)48-39(58)34(21-27(7)8)49-41(60)42(22-51,23-52)50-40(30)59/h24-27,29-34,51-52H,10-23H2,1-9H3,(H2,43,54)(H,44,53)(H,45,56)(H,46,57)(H,47,55)(H,48,58)(H,49,60)(H,50,59)/t29-,30?,31-,32-,33-,34-/m0/s1. The molecule has 1 aliphatic rings. The second kappa shape index (κ2) is 28.3. The second-order valence-corrected chi connectivity index (χ2v) is 17.8. The van der Waals surface area contributed by atoms with Crippen LogP contribution in [0.2, 0.25) is 0 Å². The third kappa shape index (κ3) is 20.6. The number of carbonyl (C=O) groups is 8. The minimum atomic E-state index is -2.41. The van der Waals surface area contributed by atoms with Crippen LogP contribution in [0.5, 0.6) is 0 Å². The van der Waals surface area contributed by atoms with Gasteiger partial charge in [-0.3, -0.25) is 38.4 Å². The van der Waals surface area contributed by atoms with Crippen LogP contribution >= 0.6 is 0 Å². The zero-order valence-electron chi connectivity index (χ0n) is 38.2. The second-order valence-electron chi connectivity index (χ2n) is 17.8. The molecule has 20 nitrogen and oxygen atoms in total. The fourth-order valence-electron chi connectivity index (χ4n) is 6.66. The molecule has 1 unspecified atom stereocenters. The highest BCUT2D eigenvalue weighted by Crippen LogP contribution is 2.14. The van der Waals surface area contributed by atoms with Crippen molar-refractivity contribution in [3.05, 3.63) is 0 Å². The van der Waals surface area contributed by atoms with Gasteiger partial charge in [-0.25, -0.2) is 0 Å². The average Bonchev–Trinajstić information content (AvgIpc) is 3.16. The predicted octanol–water partition coefficient (Wildman–Crippen LogP) is -0.968. The summed E-state index contributed by atoms with van der Waals surface area (Å²) in [6.07, 6.45) is 1.64. The number of carbonyl (C=O) groups excluding carboxylic acids is 8. The number of hydrogen-bond donors (Lipinski definition) is 10. The maximum Gasteiger partial charge on any atom is 0.251 e. The smallest absolute Gasteiger partial charge is 0.251 e. The Kier molecular flexibility index (Phi) is 25.4. The van der Waals surface area contributed by atoms with E-state index in [0.717, 1.165) is 0 Å². The van der Waals surface area contributed by atoms with Crippen LogP contribution in [0.3, 0.4) is 0 Å². The number of hydrogen-bond acceptors (Lipinski definition) is 12. The minimum Gasteiger partial charge on any atom is -0.393 e. The maximum atomic E-state index is 14.1. The number of nitrogens with one attached hydrogen (secondary N) is 7. The number of aliphatic hydroxyl groups excluding tert-OH is 2. The molecule has 0 aromatic heterocycles. The molecule has 20 heteroatoms. The summed E-state index contributed by atoms with van der Waals surface area (Å²) in [7, 11) is 0. The van der Waals surface area contributed by atoms with E-state index < -0.39 is 102 Å². The van der Waals surface area contributed by atoms with Crippen molar-refractivity contribution in [2.75, 3.05) is 39.6 Å². The molecule has 0 spiro atoms. The summed E-state index contributed by atoms with van der Waals surface area (Å²) in [5.74, 6) is -6.53. The molecule has 1 heterocycles. The monoisotopic (exact) mass is 885 g/mol. The minimum absolute atomic E-state index is 0.0239. The van der Waals surface area contributed by atoms with Gasteiger partial charge in [0.15, 0.2) is 5.54 Å². The Balaban J connectivity index is 3.63. The highest BCUT2D eigenvalue weighted by Gasteiger charge is 2.43. The summed E-state index contributed by atoms with van der Waals surface area (Å²) in [5, 5.41) is 39.4. The van der Waals surface area contributed by atoms with Crippen LogP contribution in [-0.2, 0) is 47.8 Å². The van der Waals surface area contributed by atoms with E-state index in [1.807, 2.05) is 41.5 Å². The van der Waals surface area contributed by atoms with Gasteiger partial charge in [0.05, 0.1) is 13.2 Å². The van der Waals surface area contributed by atoms with E-state index in [1.165, 1.54) is 6.92 Å². The third-order valence-electron chi connectivity index (χ3n) is 9.97. The molecule has 6 atom stereocenters. The van der Waals surface area contributed by atoms with Crippen LogP contribution in [0.15, 0.2) is 0 Å². The van der Waals surface area contributed by atoms with Gasteiger partial charge in [0.25, 0.3) is 5.91 Å². The number of amides is 8. The maximum absolute atomic E-state index is 14.1. The first-order valence-electron chi connectivity index (χ1n) is 21.8. The summed E-state index contributed by atoms with van der Waals surface area (Å²) >= 11 is 0. The molecule has 1 saturated heterocycles. The molecular weight excluding hydrogens is 809 g/mol. The van der Waals surface area contributed by atoms with Gasteiger partial charge in [-0.15, -0.1) is 0 Å². The van der Waals surface area contributed by atoms with E-state index in [2.05, 4.69) is 37.2 Å². The fraction of sp³-hybridized carbons (Fsp3) is 0.810. The first-order chi connectivity index (χ1) is 29.0. The molecule has 11 N–H and O–H groups in total. The summed E-state index contributed by atoms with van der Waals surface area (Å²) in [5.41, 5.74) is 3.18. The highest BCUT2D eigenvalue weighted by molar-refractivity contribution is 5.99. The molecule has 0 bridgehead atoms. The highest BCUT2D eigenvalue weighted by atomic mass is 16.5. The fourth-order valence-corrected chi connectivity index (χ4v) is 6.66. The van der Waals surface area contributed by atoms with Crippen molar-refractivity contribution in [1.29, 1.82) is 0 Å². The van der Waals surface area contributed by atoms with E-state index in [-0.39, 0.29) is 75.6 Å². The van der Waals surface area contributed by atoms with Crippen LogP contribution in [0, 0.1) is 23.7 Å². The van der Waals surface area contributed by atoms with Gasteiger partial charge < -0.3 is 62.6 Å². The molecule has 0 aromatic rings. The molecule has 0 aromatic carbocycles. The SMILES string of the molecule is CC(=O)N[C@@H](CC(C)C)C(=O)N[C@@H](CC(C)C)C(=O)NC1CCOCCCCOCC[C@@H](C(N)=O)NC(=O)[C@H](CC(C)C)NC(=O)[C@H](CC(C)C)NC(=O)C(CO)(CO)NC1=O. The van der Waals surface area contributed by atoms with Crippen molar-refractivity contribution in [3.63, 3.8) is 0 Å². The van der Waals surface area contributed by atoms with Gasteiger partial charge in [0, 0.05) is 33.4 Å². The Morgan fingerprint density at radius 2 is 1.16 bits per heavy atom. The molecule has 0 aliphatic carbocycles. The Labute approximate surface area is 366 Å². The van der Waals surface area contributed by atoms with Crippen LogP contribution in [-0.4, -0.2) is 139 Å². The molecule has 1 fully saturated rings. The Morgan fingerprint density at radius 3 is 1.63 bits per heavy atom. The van der Waals surface area contributed by atoms with Crippen molar-refractivity contribution in [3.8, 4) is 0 Å². The summed E-state index contributed by atoms with van der Waals surface area (Å²) in [6.45, 7) is 14.2. The lowest BCUT2D eigenvalue weighted by atomic mass is 9.96. The van der Waals surface area contributed by atoms with E-state index in [9.17, 15) is 48.6 Å². The van der Waals surface area contributed by atoms with Crippen LogP contribution < -0.4 is 43.0 Å². The zero-order valence-corrected chi connectivity index (χ0v) is 38.2. The van der Waals surface area contributed by atoms with Crippen molar-refractivity contribution in [2.45, 2.75) is 155 Å². The van der Waals surface area contributed by atoms with E-state index in [4.69, 9.17) is 15.2 Å². The largest absolute Gasteiger partial charge is 0.393 e. The van der Waals surface area contributed by atoms with Crippen molar-refractivity contribution >= 4 is 47.3 Å². The average molecular weight is 885 g/mol. The number of primary amides is 1. The van der Waals surface area contributed by atoms with E-state index in [0.29, 0.717) is 25.9 Å². The van der Waals surface area contributed by atoms with Gasteiger partial charge >= 0.3 is 0 Å². The lowest BCUT2D eigenvalue weighted by Gasteiger charge is -2.34. The van der Waals surface area contributed by atoms with Crippen molar-refractivity contribution in [1.82, 2.24) is 37.2 Å². The van der Waals surface area contributed by atoms with Gasteiger partial charge in [-0.05, 0) is 75.0 Å². The van der Waals surface area contributed by atoms with Gasteiger partial charge in [0.1, 0.15) is 36.3 Å².